The van der Waals surface area contributed by atoms with Crippen LogP contribution in [0.4, 0.5) is 0 Å². The van der Waals surface area contributed by atoms with Gasteiger partial charge in [0.1, 0.15) is 5.76 Å². The number of carbonyl (C=O) groups excluding carboxylic acids is 2. The summed E-state index contributed by atoms with van der Waals surface area (Å²) in [6.45, 7) is 2.09. The molecule has 2 aromatic heterocycles. The molecule has 0 aliphatic rings. The number of ketones is 1. The topological polar surface area (TPSA) is 50.5 Å². The Balaban J connectivity index is 1.74. The zero-order chi connectivity index (χ0) is 17.1. The summed E-state index contributed by atoms with van der Waals surface area (Å²) in [7, 11) is 1.76. The summed E-state index contributed by atoms with van der Waals surface area (Å²) in [4.78, 5) is 26.5. The number of hydrogen-bond acceptors (Lipinski definition) is 4. The number of rotatable bonds is 5. The van der Waals surface area contributed by atoms with Crippen LogP contribution in [0.3, 0.4) is 0 Å². The van der Waals surface area contributed by atoms with Crippen molar-refractivity contribution >= 4 is 23.0 Å². The Morgan fingerprint density at radius 2 is 1.83 bits per heavy atom. The molecule has 24 heavy (non-hydrogen) atoms. The van der Waals surface area contributed by atoms with Crippen molar-refractivity contribution in [2.24, 2.45) is 0 Å². The van der Waals surface area contributed by atoms with Crippen LogP contribution >= 0.6 is 11.3 Å². The van der Waals surface area contributed by atoms with Crippen LogP contribution in [0.2, 0.25) is 0 Å². The highest BCUT2D eigenvalue weighted by atomic mass is 32.1. The molecule has 1 amide bonds. The lowest BCUT2D eigenvalue weighted by atomic mass is 10.1. The molecule has 0 saturated carbocycles. The number of furan rings is 1. The molecular weight excluding hydrogens is 322 g/mol. The largest absolute Gasteiger partial charge is 0.451 e. The molecule has 0 saturated heterocycles. The fraction of sp³-hybridized carbons (Fsp3) is 0.158. The second-order valence-electron chi connectivity index (χ2n) is 5.54. The van der Waals surface area contributed by atoms with Gasteiger partial charge in [-0.05, 0) is 30.5 Å². The van der Waals surface area contributed by atoms with Crippen molar-refractivity contribution in [1.82, 2.24) is 4.90 Å². The van der Waals surface area contributed by atoms with E-state index in [4.69, 9.17) is 4.42 Å². The second kappa shape index (κ2) is 6.84. The minimum atomic E-state index is -0.157. The van der Waals surface area contributed by atoms with Gasteiger partial charge < -0.3 is 9.32 Å². The smallest absolute Gasteiger partial charge is 0.289 e. The Kier molecular flexibility index (Phi) is 4.62. The van der Waals surface area contributed by atoms with Gasteiger partial charge in [-0.1, -0.05) is 30.3 Å². The van der Waals surface area contributed by atoms with Crippen molar-refractivity contribution in [3.63, 3.8) is 0 Å². The molecule has 0 aliphatic carbocycles. The number of carbonyl (C=O) groups is 2. The van der Waals surface area contributed by atoms with E-state index in [1.807, 2.05) is 29.6 Å². The Morgan fingerprint density at radius 1 is 1.08 bits per heavy atom. The molecule has 122 valence electrons. The molecule has 0 bridgehead atoms. The highest BCUT2D eigenvalue weighted by Gasteiger charge is 2.17. The molecule has 0 unspecified atom stereocenters. The predicted octanol–water partition coefficient (Wildman–Crippen LogP) is 4.48. The van der Waals surface area contributed by atoms with Crippen LogP contribution in [0.25, 0.3) is 11.3 Å². The SMILES string of the molecule is CC(=O)c1ccc(-c2ccc(C(=O)N(C)Cc3cccs3)o2)cc1. The molecular formula is C19H17NO3S. The third-order valence-electron chi connectivity index (χ3n) is 3.71. The van der Waals surface area contributed by atoms with Crippen molar-refractivity contribution in [3.8, 4) is 11.3 Å². The monoisotopic (exact) mass is 339 g/mol. The van der Waals surface area contributed by atoms with Crippen LogP contribution in [-0.4, -0.2) is 23.6 Å². The number of Topliss-reactive ketones (excluding diaryl/α,β-unsaturated/α-hetero) is 1. The minimum Gasteiger partial charge on any atom is -0.451 e. The Hall–Kier alpha value is -2.66. The van der Waals surface area contributed by atoms with E-state index < -0.39 is 0 Å². The molecule has 4 nitrogen and oxygen atoms in total. The van der Waals surface area contributed by atoms with Gasteiger partial charge in [-0.2, -0.15) is 0 Å². The molecule has 0 fully saturated rings. The van der Waals surface area contributed by atoms with E-state index in [9.17, 15) is 9.59 Å². The lowest BCUT2D eigenvalue weighted by Crippen LogP contribution is -2.25. The van der Waals surface area contributed by atoms with E-state index >= 15 is 0 Å². The van der Waals surface area contributed by atoms with E-state index in [2.05, 4.69) is 0 Å². The average Bonchev–Trinajstić information content (AvgIpc) is 3.26. The molecule has 0 radical (unpaired) electrons. The number of thiophene rings is 1. The number of amides is 1. The number of hydrogen-bond donors (Lipinski definition) is 0. The zero-order valence-corrected chi connectivity index (χ0v) is 14.3. The maximum Gasteiger partial charge on any atom is 0.289 e. The zero-order valence-electron chi connectivity index (χ0n) is 13.5. The van der Waals surface area contributed by atoms with Crippen molar-refractivity contribution in [2.75, 3.05) is 7.05 Å². The van der Waals surface area contributed by atoms with Gasteiger partial charge in [0.15, 0.2) is 11.5 Å². The molecule has 5 heteroatoms. The highest BCUT2D eigenvalue weighted by Crippen LogP contribution is 2.24. The quantitative estimate of drug-likeness (QED) is 0.644. The molecule has 2 heterocycles. The number of nitrogens with zero attached hydrogens (tertiary/aromatic N) is 1. The highest BCUT2D eigenvalue weighted by molar-refractivity contribution is 7.09. The van der Waals surface area contributed by atoms with Gasteiger partial charge in [0.2, 0.25) is 0 Å². The molecule has 1 aromatic carbocycles. The van der Waals surface area contributed by atoms with Gasteiger partial charge in [0.05, 0.1) is 6.54 Å². The lowest BCUT2D eigenvalue weighted by molar-refractivity contribution is 0.0755. The van der Waals surface area contributed by atoms with Gasteiger partial charge in [-0.25, -0.2) is 0 Å². The predicted molar refractivity (Wildman–Crippen MR) is 94.3 cm³/mol. The van der Waals surface area contributed by atoms with Crippen LogP contribution in [0, 0.1) is 0 Å². The Bertz CT molecular complexity index is 847. The standard InChI is InChI=1S/C19H17NO3S/c1-13(21)14-5-7-15(8-6-14)17-9-10-18(23-17)19(22)20(2)12-16-4-3-11-24-16/h3-11H,12H2,1-2H3. The minimum absolute atomic E-state index is 0.0204. The molecule has 0 spiro atoms. The maximum absolute atomic E-state index is 12.5. The van der Waals surface area contributed by atoms with E-state index in [1.165, 1.54) is 6.92 Å². The fourth-order valence-electron chi connectivity index (χ4n) is 2.37. The van der Waals surface area contributed by atoms with Crippen molar-refractivity contribution in [3.05, 3.63) is 70.1 Å². The van der Waals surface area contributed by atoms with Crippen LogP contribution in [0.5, 0.6) is 0 Å². The van der Waals surface area contributed by atoms with E-state index in [1.54, 1.807) is 47.5 Å². The summed E-state index contributed by atoms with van der Waals surface area (Å²) < 4.78 is 5.70. The van der Waals surface area contributed by atoms with Gasteiger partial charge in [0, 0.05) is 23.1 Å². The summed E-state index contributed by atoms with van der Waals surface area (Å²) in [5.74, 6) is 0.778. The third kappa shape index (κ3) is 3.46. The van der Waals surface area contributed by atoms with Crippen molar-refractivity contribution < 1.29 is 14.0 Å². The second-order valence-corrected chi connectivity index (χ2v) is 6.57. The average molecular weight is 339 g/mol. The molecule has 3 aromatic rings. The maximum atomic E-state index is 12.5. The van der Waals surface area contributed by atoms with Crippen molar-refractivity contribution in [2.45, 2.75) is 13.5 Å². The van der Waals surface area contributed by atoms with Gasteiger partial charge >= 0.3 is 0 Å². The first kappa shape index (κ1) is 16.2. The summed E-state index contributed by atoms with van der Waals surface area (Å²) in [6, 6.07) is 14.6. The number of benzene rings is 1. The van der Waals surface area contributed by atoms with Gasteiger partial charge in [-0.15, -0.1) is 11.3 Å². The lowest BCUT2D eigenvalue weighted by Gasteiger charge is -2.14. The van der Waals surface area contributed by atoms with E-state index in [0.29, 0.717) is 23.6 Å². The normalized spacial score (nSPS) is 10.6. The summed E-state index contributed by atoms with van der Waals surface area (Å²) in [5, 5.41) is 1.99. The fourth-order valence-corrected chi connectivity index (χ4v) is 3.13. The summed E-state index contributed by atoms with van der Waals surface area (Å²) in [5.41, 5.74) is 1.48. The van der Waals surface area contributed by atoms with Crippen LogP contribution in [0.1, 0.15) is 32.7 Å². The van der Waals surface area contributed by atoms with Gasteiger partial charge in [-0.3, -0.25) is 9.59 Å². The van der Waals surface area contributed by atoms with Crippen LogP contribution < -0.4 is 0 Å². The Morgan fingerprint density at radius 3 is 2.46 bits per heavy atom. The van der Waals surface area contributed by atoms with Crippen LogP contribution in [-0.2, 0) is 6.54 Å². The Labute approximate surface area is 144 Å². The molecule has 0 atom stereocenters. The van der Waals surface area contributed by atoms with Crippen molar-refractivity contribution in [1.29, 1.82) is 0 Å². The first-order chi connectivity index (χ1) is 11.5. The van der Waals surface area contributed by atoms with E-state index in [-0.39, 0.29) is 11.7 Å². The van der Waals surface area contributed by atoms with Gasteiger partial charge in [0.25, 0.3) is 5.91 Å². The molecule has 0 N–H and O–H groups in total. The molecule has 3 rings (SSSR count). The van der Waals surface area contributed by atoms with Crippen LogP contribution in [0.15, 0.2) is 58.3 Å². The summed E-state index contributed by atoms with van der Waals surface area (Å²) >= 11 is 1.62. The van der Waals surface area contributed by atoms with E-state index in [0.717, 1.165) is 10.4 Å². The first-order valence-corrected chi connectivity index (χ1v) is 8.41. The third-order valence-corrected chi connectivity index (χ3v) is 4.57. The summed E-state index contributed by atoms with van der Waals surface area (Å²) in [6.07, 6.45) is 0. The molecule has 0 aliphatic heterocycles. The first-order valence-electron chi connectivity index (χ1n) is 7.53.